The van der Waals surface area contributed by atoms with Crippen LogP contribution in [0.2, 0.25) is 0 Å². The predicted octanol–water partition coefficient (Wildman–Crippen LogP) is 2.15. The van der Waals surface area contributed by atoms with Crippen LogP contribution in [0.25, 0.3) is 0 Å². The van der Waals surface area contributed by atoms with Crippen molar-refractivity contribution in [2.24, 2.45) is 10.4 Å². The van der Waals surface area contributed by atoms with E-state index in [9.17, 15) is 4.79 Å². The van der Waals surface area contributed by atoms with Crippen LogP contribution in [-0.2, 0) is 9.53 Å². The van der Waals surface area contributed by atoms with Gasteiger partial charge in [-0.15, -0.1) is 0 Å². The van der Waals surface area contributed by atoms with Gasteiger partial charge in [0, 0.05) is 40.8 Å². The Labute approximate surface area is 152 Å². The van der Waals surface area contributed by atoms with Crippen molar-refractivity contribution >= 4 is 11.9 Å². The summed E-state index contributed by atoms with van der Waals surface area (Å²) in [5.41, 5.74) is -0.271. The van der Waals surface area contributed by atoms with Gasteiger partial charge in [-0.25, -0.2) is 0 Å². The van der Waals surface area contributed by atoms with Crippen LogP contribution in [0.15, 0.2) is 4.99 Å². The molecule has 1 amide bonds. The number of carbonyl (C=O) groups excluding carboxylic acids is 1. The summed E-state index contributed by atoms with van der Waals surface area (Å²) in [6, 6.07) is 0. The zero-order chi connectivity index (χ0) is 18.1. The lowest BCUT2D eigenvalue weighted by Gasteiger charge is -2.31. The molecule has 2 saturated carbocycles. The van der Waals surface area contributed by atoms with Crippen molar-refractivity contribution in [1.29, 1.82) is 0 Å². The van der Waals surface area contributed by atoms with E-state index in [0.717, 1.165) is 51.2 Å². The minimum Gasteiger partial charge on any atom is -0.378 e. The molecule has 0 unspecified atom stereocenters. The molecule has 0 spiro atoms. The van der Waals surface area contributed by atoms with E-state index in [2.05, 4.69) is 15.6 Å². The third-order valence-electron chi connectivity index (χ3n) is 5.51. The van der Waals surface area contributed by atoms with E-state index in [1.54, 1.807) is 11.9 Å². The van der Waals surface area contributed by atoms with Gasteiger partial charge in [0.15, 0.2) is 5.96 Å². The molecule has 0 bridgehead atoms. The zero-order valence-electron chi connectivity index (χ0n) is 16.3. The van der Waals surface area contributed by atoms with E-state index in [1.165, 1.54) is 25.7 Å². The van der Waals surface area contributed by atoms with Gasteiger partial charge < -0.3 is 20.3 Å². The number of ether oxygens (including phenoxy) is 1. The number of nitrogens with zero attached hydrogens (tertiary/aromatic N) is 2. The first kappa shape index (κ1) is 20.0. The van der Waals surface area contributed by atoms with E-state index in [0.29, 0.717) is 12.6 Å². The summed E-state index contributed by atoms with van der Waals surface area (Å²) in [4.78, 5) is 18.6. The largest absolute Gasteiger partial charge is 0.378 e. The van der Waals surface area contributed by atoms with Crippen molar-refractivity contribution < 1.29 is 9.53 Å². The molecule has 2 aliphatic rings. The van der Waals surface area contributed by atoms with E-state index < -0.39 is 0 Å². The highest BCUT2D eigenvalue weighted by Crippen LogP contribution is 2.38. The third-order valence-corrected chi connectivity index (χ3v) is 5.51. The van der Waals surface area contributed by atoms with Crippen LogP contribution in [0, 0.1) is 5.41 Å². The number of aliphatic imine (C=N–C) groups is 1. The first-order valence-corrected chi connectivity index (χ1v) is 9.85. The Morgan fingerprint density at radius 1 is 1.16 bits per heavy atom. The van der Waals surface area contributed by atoms with Crippen LogP contribution in [0.4, 0.5) is 0 Å². The van der Waals surface area contributed by atoms with Crippen molar-refractivity contribution in [2.75, 3.05) is 40.8 Å². The second-order valence-electron chi connectivity index (χ2n) is 7.67. The molecule has 2 rings (SSSR count). The Balaban J connectivity index is 1.68. The summed E-state index contributed by atoms with van der Waals surface area (Å²) < 4.78 is 5.88. The number of guanidine groups is 1. The molecule has 0 aliphatic heterocycles. The fourth-order valence-corrected chi connectivity index (χ4v) is 4.05. The Bertz CT molecular complexity index is 439. The van der Waals surface area contributed by atoms with Gasteiger partial charge in [0.1, 0.15) is 0 Å². The summed E-state index contributed by atoms with van der Waals surface area (Å²) in [6.45, 7) is 2.29. The SMILES string of the molecule is CN=C(NCCCOC1CCCC1)NCC1(C(=O)N(C)C)CCCC1. The maximum absolute atomic E-state index is 12.6. The second kappa shape index (κ2) is 10.00. The normalized spacial score (nSPS) is 20.7. The molecule has 0 aromatic carbocycles. The number of rotatable bonds is 8. The Kier molecular flexibility index (Phi) is 8.00. The van der Waals surface area contributed by atoms with Gasteiger partial charge in [-0.3, -0.25) is 9.79 Å². The second-order valence-corrected chi connectivity index (χ2v) is 7.67. The Morgan fingerprint density at radius 2 is 1.84 bits per heavy atom. The summed E-state index contributed by atoms with van der Waals surface area (Å²) in [6.07, 6.45) is 10.7. The molecule has 2 aliphatic carbocycles. The number of amides is 1. The van der Waals surface area contributed by atoms with Gasteiger partial charge in [0.25, 0.3) is 0 Å². The van der Waals surface area contributed by atoms with Crippen LogP contribution in [0.5, 0.6) is 0 Å². The molecule has 0 radical (unpaired) electrons. The molecule has 0 aromatic rings. The smallest absolute Gasteiger partial charge is 0.230 e. The monoisotopic (exact) mass is 352 g/mol. The van der Waals surface area contributed by atoms with Crippen LogP contribution in [-0.4, -0.2) is 63.7 Å². The summed E-state index contributed by atoms with van der Waals surface area (Å²) in [5, 5.41) is 6.71. The standard InChI is InChI=1S/C19H36N4O2/c1-20-18(21-13-8-14-25-16-9-4-5-10-16)22-15-19(11-6-7-12-19)17(24)23(2)3/h16H,4-15H2,1-3H3,(H2,20,21,22). The molecule has 6 nitrogen and oxygen atoms in total. The quantitative estimate of drug-likeness (QED) is 0.399. The molecule has 0 aromatic heterocycles. The van der Waals surface area contributed by atoms with Crippen molar-refractivity contribution in [1.82, 2.24) is 15.5 Å². The van der Waals surface area contributed by atoms with Crippen molar-refractivity contribution in [3.05, 3.63) is 0 Å². The Morgan fingerprint density at radius 3 is 2.44 bits per heavy atom. The van der Waals surface area contributed by atoms with Gasteiger partial charge in [-0.05, 0) is 32.1 Å². The lowest BCUT2D eigenvalue weighted by atomic mass is 9.84. The van der Waals surface area contributed by atoms with E-state index in [-0.39, 0.29) is 11.3 Å². The van der Waals surface area contributed by atoms with Crippen molar-refractivity contribution in [3.63, 3.8) is 0 Å². The first-order valence-electron chi connectivity index (χ1n) is 9.85. The maximum Gasteiger partial charge on any atom is 0.230 e. The van der Waals surface area contributed by atoms with Gasteiger partial charge in [-0.2, -0.15) is 0 Å². The summed E-state index contributed by atoms with van der Waals surface area (Å²) >= 11 is 0. The lowest BCUT2D eigenvalue weighted by molar-refractivity contribution is -0.138. The first-order chi connectivity index (χ1) is 12.1. The van der Waals surface area contributed by atoms with Crippen molar-refractivity contribution in [3.8, 4) is 0 Å². The number of hydrogen-bond donors (Lipinski definition) is 2. The predicted molar refractivity (Wildman–Crippen MR) is 102 cm³/mol. The van der Waals surface area contributed by atoms with Crippen LogP contribution >= 0.6 is 0 Å². The molecule has 25 heavy (non-hydrogen) atoms. The van der Waals surface area contributed by atoms with Crippen LogP contribution in [0.1, 0.15) is 57.8 Å². The topological polar surface area (TPSA) is 66.0 Å². The Hall–Kier alpha value is -1.30. The number of carbonyl (C=O) groups is 1. The van der Waals surface area contributed by atoms with Gasteiger partial charge in [0.05, 0.1) is 11.5 Å². The third kappa shape index (κ3) is 5.87. The molecule has 0 atom stereocenters. The van der Waals surface area contributed by atoms with Crippen LogP contribution in [0.3, 0.4) is 0 Å². The zero-order valence-corrected chi connectivity index (χ0v) is 16.3. The minimum atomic E-state index is -0.271. The summed E-state index contributed by atoms with van der Waals surface area (Å²) in [5.74, 6) is 1.01. The highest BCUT2D eigenvalue weighted by atomic mass is 16.5. The number of hydrogen-bond acceptors (Lipinski definition) is 3. The molecule has 2 fully saturated rings. The molecule has 2 N–H and O–H groups in total. The summed E-state index contributed by atoms with van der Waals surface area (Å²) in [7, 11) is 5.47. The van der Waals surface area contributed by atoms with E-state index in [1.807, 2.05) is 14.1 Å². The lowest BCUT2D eigenvalue weighted by Crippen LogP contribution is -2.49. The molecular formula is C19H36N4O2. The van der Waals surface area contributed by atoms with E-state index in [4.69, 9.17) is 4.74 Å². The van der Waals surface area contributed by atoms with Crippen LogP contribution < -0.4 is 10.6 Å². The highest BCUT2D eigenvalue weighted by molar-refractivity contribution is 5.85. The average Bonchev–Trinajstić information content (AvgIpc) is 3.29. The molecule has 144 valence electrons. The van der Waals surface area contributed by atoms with Gasteiger partial charge in [0.2, 0.25) is 5.91 Å². The molecular weight excluding hydrogens is 316 g/mol. The number of nitrogens with one attached hydrogen (secondary N) is 2. The maximum atomic E-state index is 12.6. The van der Waals surface area contributed by atoms with Crippen molar-refractivity contribution in [2.45, 2.75) is 63.9 Å². The molecule has 0 saturated heterocycles. The average molecular weight is 353 g/mol. The van der Waals surface area contributed by atoms with Gasteiger partial charge >= 0.3 is 0 Å². The van der Waals surface area contributed by atoms with E-state index >= 15 is 0 Å². The van der Waals surface area contributed by atoms with Gasteiger partial charge in [-0.1, -0.05) is 25.7 Å². The fraction of sp³-hybridized carbons (Fsp3) is 0.895. The highest BCUT2D eigenvalue weighted by Gasteiger charge is 2.42. The molecule has 0 heterocycles. The molecule has 6 heteroatoms. The fourth-order valence-electron chi connectivity index (χ4n) is 4.05. The minimum absolute atomic E-state index is 0.234.